The fourth-order valence-corrected chi connectivity index (χ4v) is 3.59. The van der Waals surface area contributed by atoms with Crippen molar-refractivity contribution in [3.63, 3.8) is 0 Å². The largest absolute Gasteiger partial charge is 0.437 e. The van der Waals surface area contributed by atoms with Crippen LogP contribution in [-0.2, 0) is 0 Å². The lowest BCUT2D eigenvalue weighted by atomic mass is 10.2. The quantitative estimate of drug-likeness (QED) is 0.542. The van der Waals surface area contributed by atoms with Gasteiger partial charge in [-0.25, -0.2) is 0 Å². The monoisotopic (exact) mass is 333 g/mol. The van der Waals surface area contributed by atoms with Crippen LogP contribution in [0.3, 0.4) is 0 Å². The summed E-state index contributed by atoms with van der Waals surface area (Å²) in [5.41, 5.74) is 0.402. The summed E-state index contributed by atoms with van der Waals surface area (Å²) in [5, 5.41) is 9.71. The molecule has 0 aromatic heterocycles. The fraction of sp³-hybridized carbons (Fsp3) is 0.0500. The van der Waals surface area contributed by atoms with Crippen molar-refractivity contribution >= 4 is 8.38 Å². The first kappa shape index (κ1) is 16.1. The van der Waals surface area contributed by atoms with E-state index >= 15 is 0 Å². The van der Waals surface area contributed by atoms with Crippen LogP contribution < -0.4 is 9.05 Å². The third-order valence-corrected chi connectivity index (χ3v) is 4.94. The number of para-hydroxylation sites is 2. The van der Waals surface area contributed by atoms with Gasteiger partial charge in [0.25, 0.3) is 0 Å². The topological polar surface area (TPSA) is 42.2 Å². The smallest absolute Gasteiger partial charge is 0.313 e. The molecule has 0 aliphatic rings. The Hall–Kier alpha value is -2.82. The van der Waals surface area contributed by atoms with Crippen LogP contribution in [0.1, 0.15) is 11.2 Å². The molecule has 4 heteroatoms. The number of nitriles is 1. The summed E-state index contributed by atoms with van der Waals surface area (Å²) in [5.74, 6) is 1.38. The van der Waals surface area contributed by atoms with Gasteiger partial charge in [-0.3, -0.25) is 0 Å². The second-order valence-electron chi connectivity index (χ2n) is 5.04. The van der Waals surface area contributed by atoms with Crippen LogP contribution in [0.5, 0.6) is 11.5 Å². The summed E-state index contributed by atoms with van der Waals surface area (Å²) in [6.45, 7) is 0. The van der Waals surface area contributed by atoms with Crippen LogP contribution in [0, 0.1) is 11.3 Å². The van der Waals surface area contributed by atoms with Gasteiger partial charge in [0, 0.05) is 0 Å². The minimum atomic E-state index is -1.51. The van der Waals surface area contributed by atoms with Crippen molar-refractivity contribution in [2.24, 2.45) is 0 Å². The van der Waals surface area contributed by atoms with Crippen molar-refractivity contribution < 1.29 is 9.05 Å². The number of rotatable bonds is 6. The Morgan fingerprint density at radius 3 is 1.50 bits per heavy atom. The molecule has 3 aromatic rings. The Kier molecular flexibility index (Phi) is 5.45. The first-order chi connectivity index (χ1) is 11.9. The molecular weight excluding hydrogens is 317 g/mol. The van der Waals surface area contributed by atoms with E-state index in [2.05, 4.69) is 6.07 Å². The zero-order valence-electron chi connectivity index (χ0n) is 12.9. The van der Waals surface area contributed by atoms with Crippen LogP contribution in [0.4, 0.5) is 0 Å². The molecule has 1 unspecified atom stereocenters. The highest BCUT2D eigenvalue weighted by atomic mass is 31.2. The molecule has 118 valence electrons. The predicted octanol–water partition coefficient (Wildman–Crippen LogP) is 5.72. The molecule has 0 bridgehead atoms. The van der Waals surface area contributed by atoms with Gasteiger partial charge < -0.3 is 9.05 Å². The normalized spacial score (nSPS) is 11.5. The van der Waals surface area contributed by atoms with Gasteiger partial charge in [0.05, 0.1) is 6.07 Å². The highest BCUT2D eigenvalue weighted by Gasteiger charge is 2.29. The van der Waals surface area contributed by atoms with E-state index in [1.54, 1.807) is 0 Å². The molecule has 0 saturated heterocycles. The molecule has 0 amide bonds. The molecule has 24 heavy (non-hydrogen) atoms. The molecular formula is C20H16NO2P. The molecule has 3 nitrogen and oxygen atoms in total. The van der Waals surface area contributed by atoms with Crippen LogP contribution in [0.2, 0.25) is 0 Å². The van der Waals surface area contributed by atoms with Crippen LogP contribution in [0.15, 0.2) is 91.0 Å². The van der Waals surface area contributed by atoms with Gasteiger partial charge in [-0.05, 0) is 29.8 Å². The van der Waals surface area contributed by atoms with Crippen molar-refractivity contribution in [1.29, 1.82) is 5.26 Å². The maximum atomic E-state index is 9.71. The zero-order chi connectivity index (χ0) is 16.6. The second-order valence-corrected chi connectivity index (χ2v) is 6.49. The Morgan fingerprint density at radius 1 is 0.667 bits per heavy atom. The maximum Gasteiger partial charge on any atom is 0.313 e. The van der Waals surface area contributed by atoms with E-state index in [4.69, 9.17) is 9.05 Å². The Balaban J connectivity index is 1.90. The minimum Gasteiger partial charge on any atom is -0.437 e. The third-order valence-electron chi connectivity index (χ3n) is 3.33. The summed E-state index contributed by atoms with van der Waals surface area (Å²) in [4.78, 5) is 0. The van der Waals surface area contributed by atoms with Gasteiger partial charge in [0.15, 0.2) is 5.66 Å². The average molecular weight is 333 g/mol. The molecule has 0 saturated carbocycles. The van der Waals surface area contributed by atoms with Crippen LogP contribution in [0.25, 0.3) is 0 Å². The fourth-order valence-electron chi connectivity index (χ4n) is 2.17. The lowest BCUT2D eigenvalue weighted by molar-refractivity contribution is 0.483. The first-order valence-corrected chi connectivity index (χ1v) is 8.81. The van der Waals surface area contributed by atoms with Gasteiger partial charge in [0.2, 0.25) is 0 Å². The molecule has 0 aliphatic carbocycles. The van der Waals surface area contributed by atoms with E-state index < -0.39 is 14.0 Å². The molecule has 0 aliphatic heterocycles. The molecule has 1 atom stereocenters. The van der Waals surface area contributed by atoms with Gasteiger partial charge in [0.1, 0.15) is 11.5 Å². The highest BCUT2D eigenvalue weighted by Crippen LogP contribution is 2.52. The maximum absolute atomic E-state index is 9.71. The van der Waals surface area contributed by atoms with Gasteiger partial charge in [-0.1, -0.05) is 66.7 Å². The third kappa shape index (κ3) is 4.13. The molecule has 0 heterocycles. The lowest BCUT2D eigenvalue weighted by Crippen LogP contribution is -2.05. The van der Waals surface area contributed by atoms with E-state index in [9.17, 15) is 5.26 Å². The average Bonchev–Trinajstić information content (AvgIpc) is 2.65. The molecule has 3 rings (SSSR count). The molecule has 0 radical (unpaired) electrons. The Morgan fingerprint density at radius 2 is 1.08 bits per heavy atom. The molecule has 3 aromatic carbocycles. The minimum absolute atomic E-state index is 0.485. The van der Waals surface area contributed by atoms with Crippen molar-refractivity contribution in [3.8, 4) is 17.6 Å². The Bertz CT molecular complexity index is 747. The SMILES string of the molecule is N#CC(c1ccccc1)P(Oc1ccccc1)Oc1ccccc1. The van der Waals surface area contributed by atoms with Crippen LogP contribution >= 0.6 is 8.38 Å². The first-order valence-electron chi connectivity index (χ1n) is 7.56. The number of benzene rings is 3. The Labute approximate surface area is 143 Å². The van der Waals surface area contributed by atoms with Gasteiger partial charge in [-0.2, -0.15) is 5.26 Å². The molecule has 0 spiro atoms. The van der Waals surface area contributed by atoms with Crippen LogP contribution in [-0.4, -0.2) is 0 Å². The summed E-state index contributed by atoms with van der Waals surface area (Å²) < 4.78 is 12.1. The van der Waals surface area contributed by atoms with E-state index in [1.807, 2.05) is 91.0 Å². The highest BCUT2D eigenvalue weighted by molar-refractivity contribution is 7.48. The molecule has 0 N–H and O–H groups in total. The molecule has 0 fully saturated rings. The standard InChI is InChI=1S/C20H16NO2P/c21-16-20(17-10-4-1-5-11-17)24(22-18-12-6-2-7-13-18)23-19-14-8-3-9-15-19/h1-15,20H. The summed E-state index contributed by atoms with van der Waals surface area (Å²) in [6, 6.07) is 30.8. The van der Waals surface area contributed by atoms with Gasteiger partial charge >= 0.3 is 8.38 Å². The van der Waals surface area contributed by atoms with E-state index in [0.29, 0.717) is 11.5 Å². The zero-order valence-corrected chi connectivity index (χ0v) is 13.8. The van der Waals surface area contributed by atoms with Crippen molar-refractivity contribution in [3.05, 3.63) is 96.6 Å². The number of hydrogen-bond acceptors (Lipinski definition) is 3. The van der Waals surface area contributed by atoms with E-state index in [1.165, 1.54) is 0 Å². The predicted molar refractivity (Wildman–Crippen MR) is 95.9 cm³/mol. The van der Waals surface area contributed by atoms with Gasteiger partial charge in [-0.15, -0.1) is 0 Å². The van der Waals surface area contributed by atoms with Crippen molar-refractivity contribution in [1.82, 2.24) is 0 Å². The number of hydrogen-bond donors (Lipinski definition) is 0. The summed E-state index contributed by atoms with van der Waals surface area (Å²) >= 11 is 0. The van der Waals surface area contributed by atoms with Crippen molar-refractivity contribution in [2.75, 3.05) is 0 Å². The second kappa shape index (κ2) is 8.15. The van der Waals surface area contributed by atoms with E-state index in [0.717, 1.165) is 5.56 Å². The van der Waals surface area contributed by atoms with Crippen molar-refractivity contribution in [2.45, 2.75) is 5.66 Å². The summed E-state index contributed by atoms with van der Waals surface area (Å²) in [7, 11) is -1.51. The lowest BCUT2D eigenvalue weighted by Gasteiger charge is -2.22. The summed E-state index contributed by atoms with van der Waals surface area (Å²) in [6.07, 6.45) is 0. The number of nitrogens with zero attached hydrogens (tertiary/aromatic N) is 1. The van der Waals surface area contributed by atoms with E-state index in [-0.39, 0.29) is 0 Å².